The van der Waals surface area contributed by atoms with E-state index >= 15 is 0 Å². The van der Waals surface area contributed by atoms with Gasteiger partial charge in [0.05, 0.1) is 6.26 Å². The predicted molar refractivity (Wildman–Crippen MR) is 71.3 cm³/mol. The molecule has 1 aliphatic rings. The molecule has 0 bridgehead atoms. The molecule has 1 amide bonds. The lowest BCUT2D eigenvalue weighted by atomic mass is 10.2. The van der Waals surface area contributed by atoms with E-state index in [0.717, 1.165) is 5.75 Å². The molecule has 3 nitrogen and oxygen atoms in total. The molecule has 2 heterocycles. The van der Waals surface area contributed by atoms with Gasteiger partial charge in [-0.3, -0.25) is 4.79 Å². The van der Waals surface area contributed by atoms with Crippen LogP contribution in [0.25, 0.3) is 0 Å². The Labute approximate surface area is 114 Å². The van der Waals surface area contributed by atoms with Gasteiger partial charge in [-0.1, -0.05) is 18.2 Å². The fraction of sp³-hybridized carbons (Fsp3) is 0.214. The Bertz CT molecular complexity index is 585. The minimum Gasteiger partial charge on any atom is -0.459 e. The van der Waals surface area contributed by atoms with E-state index < -0.39 is 0 Å². The van der Waals surface area contributed by atoms with Crippen LogP contribution >= 0.6 is 11.8 Å². The maximum absolute atomic E-state index is 13.8. The van der Waals surface area contributed by atoms with Crippen LogP contribution in [-0.2, 0) is 0 Å². The van der Waals surface area contributed by atoms with Gasteiger partial charge in [0.15, 0.2) is 5.76 Å². The first-order chi connectivity index (χ1) is 9.27. The summed E-state index contributed by atoms with van der Waals surface area (Å²) in [4.78, 5) is 14.0. The third-order valence-electron chi connectivity index (χ3n) is 3.06. The molecule has 0 N–H and O–H groups in total. The number of hydrogen-bond donors (Lipinski definition) is 0. The molecule has 3 rings (SSSR count). The van der Waals surface area contributed by atoms with Crippen molar-refractivity contribution < 1.29 is 13.6 Å². The molecule has 0 spiro atoms. The molecule has 0 aliphatic carbocycles. The number of amides is 1. The van der Waals surface area contributed by atoms with Gasteiger partial charge in [0, 0.05) is 17.9 Å². The van der Waals surface area contributed by atoms with Gasteiger partial charge >= 0.3 is 0 Å². The van der Waals surface area contributed by atoms with E-state index in [4.69, 9.17) is 4.42 Å². The smallest absolute Gasteiger partial charge is 0.290 e. The molecule has 2 aromatic rings. The lowest BCUT2D eigenvalue weighted by molar-refractivity contribution is 0.0727. The monoisotopic (exact) mass is 277 g/mol. The maximum atomic E-state index is 13.8. The molecule has 0 radical (unpaired) electrons. The van der Waals surface area contributed by atoms with Gasteiger partial charge in [-0.05, 0) is 18.2 Å². The number of hydrogen-bond acceptors (Lipinski definition) is 3. The average Bonchev–Trinajstić information content (AvgIpc) is 3.10. The summed E-state index contributed by atoms with van der Waals surface area (Å²) in [5, 5.41) is -0.279. The SMILES string of the molecule is O=C(c1ccco1)N1CCS[C@@H]1c1ccccc1F. The zero-order valence-corrected chi connectivity index (χ0v) is 10.9. The lowest BCUT2D eigenvalue weighted by Gasteiger charge is -2.23. The Balaban J connectivity index is 1.90. The van der Waals surface area contributed by atoms with Gasteiger partial charge in [0.25, 0.3) is 5.91 Å². The minimum absolute atomic E-state index is 0.191. The number of nitrogens with zero attached hydrogens (tertiary/aromatic N) is 1. The summed E-state index contributed by atoms with van der Waals surface area (Å²) in [6, 6.07) is 9.88. The number of carbonyl (C=O) groups is 1. The fourth-order valence-electron chi connectivity index (χ4n) is 2.15. The van der Waals surface area contributed by atoms with Crippen molar-refractivity contribution in [2.75, 3.05) is 12.3 Å². The second-order valence-electron chi connectivity index (χ2n) is 4.22. The van der Waals surface area contributed by atoms with Gasteiger partial charge in [0.2, 0.25) is 0 Å². The standard InChI is InChI=1S/C14H12FNO2S/c15-11-5-2-1-4-10(11)14-16(7-9-19-14)13(17)12-6-3-8-18-12/h1-6,8,14H,7,9H2/t14-/m1/s1. The average molecular weight is 277 g/mol. The van der Waals surface area contributed by atoms with Crippen LogP contribution in [0.5, 0.6) is 0 Å². The van der Waals surface area contributed by atoms with Gasteiger partial charge in [-0.2, -0.15) is 0 Å². The maximum Gasteiger partial charge on any atom is 0.290 e. The second-order valence-corrected chi connectivity index (χ2v) is 5.41. The lowest BCUT2D eigenvalue weighted by Crippen LogP contribution is -2.30. The summed E-state index contributed by atoms with van der Waals surface area (Å²) in [5.41, 5.74) is 0.546. The summed E-state index contributed by atoms with van der Waals surface area (Å²) >= 11 is 1.57. The highest BCUT2D eigenvalue weighted by Gasteiger charge is 2.33. The number of benzene rings is 1. The molecule has 1 aromatic carbocycles. The highest BCUT2D eigenvalue weighted by molar-refractivity contribution is 7.99. The number of furan rings is 1. The first-order valence-electron chi connectivity index (χ1n) is 5.98. The molecular formula is C14H12FNO2S. The molecule has 98 valence electrons. The summed E-state index contributed by atoms with van der Waals surface area (Å²) in [7, 11) is 0. The Morgan fingerprint density at radius 1 is 1.32 bits per heavy atom. The van der Waals surface area contributed by atoms with Crippen LogP contribution < -0.4 is 0 Å². The summed E-state index contributed by atoms with van der Waals surface area (Å²) in [5.74, 6) is 0.622. The van der Waals surface area contributed by atoms with Crippen molar-refractivity contribution in [3.8, 4) is 0 Å². The van der Waals surface area contributed by atoms with E-state index in [1.807, 2.05) is 0 Å². The summed E-state index contributed by atoms with van der Waals surface area (Å²) in [6.07, 6.45) is 1.47. The van der Waals surface area contributed by atoms with Crippen LogP contribution in [0.1, 0.15) is 21.5 Å². The highest BCUT2D eigenvalue weighted by Crippen LogP contribution is 2.39. The Kier molecular flexibility index (Phi) is 3.29. The van der Waals surface area contributed by atoms with E-state index in [-0.39, 0.29) is 17.1 Å². The third-order valence-corrected chi connectivity index (χ3v) is 4.30. The van der Waals surface area contributed by atoms with Gasteiger partial charge < -0.3 is 9.32 Å². The summed E-state index contributed by atoms with van der Waals surface area (Å²) in [6.45, 7) is 0.600. The molecule has 0 unspecified atom stereocenters. The Hall–Kier alpha value is -1.75. The topological polar surface area (TPSA) is 33.5 Å². The van der Waals surface area contributed by atoms with Crippen molar-refractivity contribution in [3.05, 3.63) is 59.8 Å². The van der Waals surface area contributed by atoms with Crippen molar-refractivity contribution in [1.82, 2.24) is 4.90 Å². The molecule has 1 atom stereocenters. The van der Waals surface area contributed by atoms with Crippen LogP contribution in [0.3, 0.4) is 0 Å². The van der Waals surface area contributed by atoms with Crippen LogP contribution in [-0.4, -0.2) is 23.1 Å². The highest BCUT2D eigenvalue weighted by atomic mass is 32.2. The number of halogens is 1. The van der Waals surface area contributed by atoms with E-state index in [1.54, 1.807) is 47.0 Å². The van der Waals surface area contributed by atoms with E-state index in [2.05, 4.69) is 0 Å². The van der Waals surface area contributed by atoms with Gasteiger partial charge in [-0.25, -0.2) is 4.39 Å². The Morgan fingerprint density at radius 2 is 2.16 bits per heavy atom. The normalized spacial score (nSPS) is 18.8. The van der Waals surface area contributed by atoms with E-state index in [1.165, 1.54) is 12.3 Å². The van der Waals surface area contributed by atoms with Crippen molar-refractivity contribution in [2.24, 2.45) is 0 Å². The molecular weight excluding hydrogens is 265 g/mol. The third kappa shape index (κ3) is 2.26. The molecule has 0 saturated carbocycles. The van der Waals surface area contributed by atoms with Crippen LogP contribution in [0, 0.1) is 5.82 Å². The minimum atomic E-state index is -0.279. The predicted octanol–water partition coefficient (Wildman–Crippen LogP) is 3.31. The molecule has 1 saturated heterocycles. The van der Waals surface area contributed by atoms with Crippen molar-refractivity contribution >= 4 is 17.7 Å². The van der Waals surface area contributed by atoms with Crippen LogP contribution in [0.2, 0.25) is 0 Å². The second kappa shape index (κ2) is 5.09. The van der Waals surface area contributed by atoms with E-state index in [9.17, 15) is 9.18 Å². The summed E-state index contributed by atoms with van der Waals surface area (Å²) < 4.78 is 19.0. The molecule has 1 aliphatic heterocycles. The van der Waals surface area contributed by atoms with Crippen molar-refractivity contribution in [1.29, 1.82) is 0 Å². The van der Waals surface area contributed by atoms with Crippen LogP contribution in [0.15, 0.2) is 47.1 Å². The number of thioether (sulfide) groups is 1. The zero-order chi connectivity index (χ0) is 13.2. The van der Waals surface area contributed by atoms with Gasteiger partial charge in [0.1, 0.15) is 11.2 Å². The molecule has 1 aromatic heterocycles. The molecule has 1 fully saturated rings. The zero-order valence-electron chi connectivity index (χ0n) is 10.1. The Morgan fingerprint density at radius 3 is 2.89 bits per heavy atom. The number of rotatable bonds is 2. The molecule has 19 heavy (non-hydrogen) atoms. The molecule has 5 heteroatoms. The number of carbonyl (C=O) groups excluding carboxylic acids is 1. The van der Waals surface area contributed by atoms with Gasteiger partial charge in [-0.15, -0.1) is 11.8 Å². The largest absolute Gasteiger partial charge is 0.459 e. The van der Waals surface area contributed by atoms with Crippen LogP contribution in [0.4, 0.5) is 4.39 Å². The first kappa shape index (κ1) is 12.3. The van der Waals surface area contributed by atoms with Crippen molar-refractivity contribution in [2.45, 2.75) is 5.37 Å². The van der Waals surface area contributed by atoms with Crippen molar-refractivity contribution in [3.63, 3.8) is 0 Å². The quantitative estimate of drug-likeness (QED) is 0.844. The van der Waals surface area contributed by atoms with E-state index in [0.29, 0.717) is 17.9 Å². The first-order valence-corrected chi connectivity index (χ1v) is 7.03. The fourth-order valence-corrected chi connectivity index (χ4v) is 3.43.